The predicted octanol–water partition coefficient (Wildman–Crippen LogP) is 1.54. The van der Waals surface area contributed by atoms with Gasteiger partial charge in [0.25, 0.3) is 5.91 Å². The number of nitrogens with zero attached hydrogens (tertiary/aromatic N) is 2. The summed E-state index contributed by atoms with van der Waals surface area (Å²) in [6, 6.07) is 12.9. The molecule has 28 heavy (non-hydrogen) atoms. The number of rotatable bonds is 8. The van der Waals surface area contributed by atoms with Gasteiger partial charge in [-0.2, -0.15) is 5.10 Å². The number of carbonyl (C=O) groups is 3. The molecule has 3 rings (SSSR count). The van der Waals surface area contributed by atoms with Crippen LogP contribution >= 0.6 is 0 Å². The Labute approximate surface area is 162 Å². The first-order chi connectivity index (χ1) is 13.6. The van der Waals surface area contributed by atoms with Crippen molar-refractivity contribution in [3.05, 3.63) is 60.1 Å². The second-order valence-electron chi connectivity index (χ2n) is 6.26. The van der Waals surface area contributed by atoms with Crippen LogP contribution in [0, 0.1) is 0 Å². The topological polar surface area (TPSA) is 104 Å². The summed E-state index contributed by atoms with van der Waals surface area (Å²) in [6.45, 7) is 1.08. The van der Waals surface area contributed by atoms with Crippen LogP contribution in [0.2, 0.25) is 0 Å². The number of hydrogen-bond acceptors (Lipinski definition) is 5. The van der Waals surface area contributed by atoms with E-state index in [2.05, 4.69) is 15.7 Å². The lowest BCUT2D eigenvalue weighted by atomic mass is 10.1. The molecule has 0 saturated carbocycles. The molecular weight excluding hydrogens is 360 g/mol. The molecule has 1 aromatic carbocycles. The molecule has 0 aliphatic carbocycles. The van der Waals surface area contributed by atoms with E-state index in [9.17, 15) is 14.4 Å². The Morgan fingerprint density at radius 3 is 2.54 bits per heavy atom. The standard InChI is InChI=1S/C20H22N4O4/c25-18(21-11-12-22-20(27)17-7-4-14-28-17)8-9-19(26)24-13-10-16(23-24)15-5-2-1-3-6-15/h1-7,14H,8-13H2,(H,21,25)(H,22,27). The van der Waals surface area contributed by atoms with Crippen LogP contribution in [0.15, 0.2) is 58.2 Å². The molecule has 2 aromatic rings. The van der Waals surface area contributed by atoms with Crippen LogP contribution in [0.1, 0.15) is 35.4 Å². The minimum absolute atomic E-state index is 0.0810. The number of amides is 3. The molecule has 1 aliphatic rings. The van der Waals surface area contributed by atoms with Crippen LogP contribution in [-0.4, -0.2) is 48.1 Å². The van der Waals surface area contributed by atoms with Gasteiger partial charge < -0.3 is 15.1 Å². The highest BCUT2D eigenvalue weighted by Gasteiger charge is 2.21. The van der Waals surface area contributed by atoms with Crippen molar-refractivity contribution in [2.24, 2.45) is 5.10 Å². The molecule has 0 spiro atoms. The molecule has 1 aromatic heterocycles. The Bertz CT molecular complexity index is 846. The van der Waals surface area contributed by atoms with E-state index in [1.54, 1.807) is 12.1 Å². The van der Waals surface area contributed by atoms with Gasteiger partial charge in [0.1, 0.15) is 0 Å². The van der Waals surface area contributed by atoms with Crippen LogP contribution in [0.4, 0.5) is 0 Å². The molecule has 8 nitrogen and oxygen atoms in total. The van der Waals surface area contributed by atoms with Gasteiger partial charge in [0.2, 0.25) is 11.8 Å². The van der Waals surface area contributed by atoms with Crippen LogP contribution in [-0.2, 0) is 9.59 Å². The Balaban J connectivity index is 1.34. The molecule has 2 N–H and O–H groups in total. The van der Waals surface area contributed by atoms with Crippen molar-refractivity contribution in [1.29, 1.82) is 0 Å². The molecule has 0 atom stereocenters. The van der Waals surface area contributed by atoms with Gasteiger partial charge in [0.15, 0.2) is 5.76 Å². The second kappa shape index (κ2) is 9.50. The number of carbonyl (C=O) groups excluding carboxylic acids is 3. The van der Waals surface area contributed by atoms with Crippen molar-refractivity contribution in [2.45, 2.75) is 19.3 Å². The fourth-order valence-electron chi connectivity index (χ4n) is 2.78. The molecule has 0 radical (unpaired) electrons. The Morgan fingerprint density at radius 2 is 1.79 bits per heavy atom. The van der Waals surface area contributed by atoms with Crippen molar-refractivity contribution in [3.63, 3.8) is 0 Å². The zero-order chi connectivity index (χ0) is 19.8. The molecule has 2 heterocycles. The van der Waals surface area contributed by atoms with E-state index >= 15 is 0 Å². The van der Waals surface area contributed by atoms with E-state index in [4.69, 9.17) is 4.42 Å². The summed E-state index contributed by atoms with van der Waals surface area (Å²) in [5, 5.41) is 11.1. The number of furan rings is 1. The van der Waals surface area contributed by atoms with Crippen molar-refractivity contribution in [2.75, 3.05) is 19.6 Å². The highest BCUT2D eigenvalue weighted by molar-refractivity contribution is 6.02. The van der Waals surface area contributed by atoms with Crippen molar-refractivity contribution in [1.82, 2.24) is 15.6 Å². The summed E-state index contributed by atoms with van der Waals surface area (Å²) in [5.41, 5.74) is 1.89. The average Bonchev–Trinajstić information content (AvgIpc) is 3.42. The van der Waals surface area contributed by atoms with E-state index in [0.717, 1.165) is 11.3 Å². The third kappa shape index (κ3) is 5.29. The summed E-state index contributed by atoms with van der Waals surface area (Å²) in [5.74, 6) is -0.534. The third-order valence-electron chi connectivity index (χ3n) is 4.24. The van der Waals surface area contributed by atoms with Crippen LogP contribution in [0.5, 0.6) is 0 Å². The molecule has 0 fully saturated rings. The second-order valence-corrected chi connectivity index (χ2v) is 6.26. The van der Waals surface area contributed by atoms with Crippen LogP contribution < -0.4 is 10.6 Å². The van der Waals surface area contributed by atoms with Gasteiger partial charge in [-0.3, -0.25) is 14.4 Å². The van der Waals surface area contributed by atoms with Crippen LogP contribution in [0.25, 0.3) is 0 Å². The lowest BCUT2D eigenvalue weighted by Crippen LogP contribution is -2.35. The van der Waals surface area contributed by atoms with E-state index in [-0.39, 0.29) is 49.4 Å². The zero-order valence-electron chi connectivity index (χ0n) is 15.4. The van der Waals surface area contributed by atoms with E-state index in [0.29, 0.717) is 13.0 Å². The van der Waals surface area contributed by atoms with E-state index < -0.39 is 0 Å². The number of hydrogen-bond donors (Lipinski definition) is 2. The van der Waals surface area contributed by atoms with Crippen molar-refractivity contribution >= 4 is 23.4 Å². The first kappa shape index (κ1) is 19.3. The van der Waals surface area contributed by atoms with Gasteiger partial charge in [0, 0.05) is 32.4 Å². The van der Waals surface area contributed by atoms with Crippen LogP contribution in [0.3, 0.4) is 0 Å². The zero-order valence-corrected chi connectivity index (χ0v) is 15.4. The summed E-state index contributed by atoms with van der Waals surface area (Å²) < 4.78 is 4.97. The fourth-order valence-corrected chi connectivity index (χ4v) is 2.78. The summed E-state index contributed by atoms with van der Waals surface area (Å²) in [7, 11) is 0. The Hall–Kier alpha value is -3.42. The molecular formula is C20H22N4O4. The van der Waals surface area contributed by atoms with Gasteiger partial charge >= 0.3 is 0 Å². The summed E-state index contributed by atoms with van der Waals surface area (Å²) in [6.07, 6.45) is 2.30. The highest BCUT2D eigenvalue weighted by Crippen LogP contribution is 2.14. The summed E-state index contributed by atoms with van der Waals surface area (Å²) >= 11 is 0. The molecule has 0 bridgehead atoms. The highest BCUT2D eigenvalue weighted by atomic mass is 16.3. The van der Waals surface area contributed by atoms with Gasteiger partial charge in [0.05, 0.1) is 18.5 Å². The number of hydrazone groups is 1. The lowest BCUT2D eigenvalue weighted by molar-refractivity contribution is -0.133. The fraction of sp³-hybridized carbons (Fsp3) is 0.300. The number of nitrogens with one attached hydrogen (secondary N) is 2. The first-order valence-electron chi connectivity index (χ1n) is 9.15. The molecule has 8 heteroatoms. The van der Waals surface area contributed by atoms with Crippen molar-refractivity contribution in [3.8, 4) is 0 Å². The molecule has 0 unspecified atom stereocenters. The maximum atomic E-state index is 12.2. The minimum Gasteiger partial charge on any atom is -0.459 e. The maximum Gasteiger partial charge on any atom is 0.287 e. The van der Waals surface area contributed by atoms with Gasteiger partial charge in [-0.05, 0) is 17.7 Å². The monoisotopic (exact) mass is 382 g/mol. The smallest absolute Gasteiger partial charge is 0.287 e. The quantitative estimate of drug-likeness (QED) is 0.676. The molecule has 3 amide bonds. The predicted molar refractivity (Wildman–Crippen MR) is 103 cm³/mol. The molecule has 1 aliphatic heterocycles. The maximum absolute atomic E-state index is 12.2. The van der Waals surface area contributed by atoms with Gasteiger partial charge in [-0.25, -0.2) is 5.01 Å². The molecule has 146 valence electrons. The third-order valence-corrected chi connectivity index (χ3v) is 4.24. The molecule has 0 saturated heterocycles. The SMILES string of the molecule is O=C(CCC(=O)N1CCC(c2ccccc2)=N1)NCCNC(=O)c1ccco1. The lowest BCUT2D eigenvalue weighted by Gasteiger charge is -2.11. The Kier molecular flexibility index (Phi) is 6.56. The van der Waals surface area contributed by atoms with E-state index in [1.165, 1.54) is 11.3 Å². The summed E-state index contributed by atoms with van der Waals surface area (Å²) in [4.78, 5) is 35.8. The Morgan fingerprint density at radius 1 is 1.00 bits per heavy atom. The number of benzene rings is 1. The van der Waals surface area contributed by atoms with Crippen molar-refractivity contribution < 1.29 is 18.8 Å². The minimum atomic E-state index is -0.337. The van der Waals surface area contributed by atoms with E-state index in [1.807, 2.05) is 30.3 Å². The first-order valence-corrected chi connectivity index (χ1v) is 9.15. The van der Waals surface area contributed by atoms with Gasteiger partial charge in [-0.1, -0.05) is 30.3 Å². The average molecular weight is 382 g/mol. The van der Waals surface area contributed by atoms with Gasteiger partial charge in [-0.15, -0.1) is 0 Å². The largest absolute Gasteiger partial charge is 0.459 e. The normalized spacial score (nSPS) is 13.1.